The van der Waals surface area contributed by atoms with Crippen LogP contribution in [0.5, 0.6) is 0 Å². The number of anilines is 1. The van der Waals surface area contributed by atoms with Gasteiger partial charge in [0.1, 0.15) is 5.69 Å². The van der Waals surface area contributed by atoms with Crippen LogP contribution in [0.2, 0.25) is 0 Å². The first-order valence-electron chi connectivity index (χ1n) is 7.47. The van der Waals surface area contributed by atoms with E-state index in [0.717, 1.165) is 45.2 Å². The van der Waals surface area contributed by atoms with Crippen LogP contribution in [-0.2, 0) is 15.7 Å². The minimum atomic E-state index is -4.41. The van der Waals surface area contributed by atoms with E-state index in [0.29, 0.717) is 12.1 Å². The number of rotatable bonds is 5. The van der Waals surface area contributed by atoms with Gasteiger partial charge in [-0.05, 0) is 25.1 Å². The Bertz CT molecular complexity index is 512. The zero-order chi connectivity index (χ0) is 16.9. The molecule has 1 aromatic heterocycles. The van der Waals surface area contributed by atoms with Gasteiger partial charge in [-0.2, -0.15) is 13.2 Å². The average Bonchev–Trinajstić information content (AvgIpc) is 2.54. The molecule has 1 aliphatic heterocycles. The van der Waals surface area contributed by atoms with Crippen molar-refractivity contribution in [2.45, 2.75) is 19.0 Å². The molecule has 0 radical (unpaired) electrons. The number of hydrogen-bond donors (Lipinski definition) is 0. The van der Waals surface area contributed by atoms with Crippen LogP contribution in [0.25, 0.3) is 0 Å². The van der Waals surface area contributed by atoms with E-state index in [4.69, 9.17) is 0 Å². The second-order valence-corrected chi connectivity index (χ2v) is 5.41. The van der Waals surface area contributed by atoms with Crippen LogP contribution in [0.15, 0.2) is 18.3 Å². The molecule has 0 N–H and O–H groups in total. The SMILES string of the molecule is COC(=O)CCCN1CCN(c2ccc(C(F)(F)F)nc2)CC1. The zero-order valence-corrected chi connectivity index (χ0v) is 13.0. The zero-order valence-electron chi connectivity index (χ0n) is 13.0. The molecule has 128 valence electrons. The normalized spacial score (nSPS) is 16.4. The molecular formula is C15H20F3N3O2. The highest BCUT2D eigenvalue weighted by Crippen LogP contribution is 2.28. The summed E-state index contributed by atoms with van der Waals surface area (Å²) in [5.41, 5.74) is -0.171. The molecule has 2 heterocycles. The first-order valence-corrected chi connectivity index (χ1v) is 7.47. The molecule has 0 unspecified atom stereocenters. The largest absolute Gasteiger partial charge is 0.469 e. The van der Waals surface area contributed by atoms with Crippen molar-refractivity contribution in [3.8, 4) is 0 Å². The fourth-order valence-electron chi connectivity index (χ4n) is 2.52. The molecule has 1 fully saturated rings. The van der Waals surface area contributed by atoms with Crippen molar-refractivity contribution in [2.24, 2.45) is 0 Å². The molecule has 1 aromatic rings. The summed E-state index contributed by atoms with van der Waals surface area (Å²) in [5.74, 6) is -0.209. The number of nitrogens with zero attached hydrogens (tertiary/aromatic N) is 3. The number of carbonyl (C=O) groups is 1. The summed E-state index contributed by atoms with van der Waals surface area (Å²) >= 11 is 0. The average molecular weight is 331 g/mol. The molecule has 2 rings (SSSR count). The van der Waals surface area contributed by atoms with Crippen molar-refractivity contribution >= 4 is 11.7 Å². The lowest BCUT2D eigenvalue weighted by molar-refractivity contribution is -0.141. The summed E-state index contributed by atoms with van der Waals surface area (Å²) in [4.78, 5) is 18.8. The first-order chi connectivity index (χ1) is 10.9. The van der Waals surface area contributed by atoms with E-state index in [-0.39, 0.29) is 5.97 Å². The van der Waals surface area contributed by atoms with Crippen LogP contribution in [0.4, 0.5) is 18.9 Å². The fraction of sp³-hybridized carbons (Fsp3) is 0.600. The first kappa shape index (κ1) is 17.5. The molecule has 5 nitrogen and oxygen atoms in total. The van der Waals surface area contributed by atoms with Crippen molar-refractivity contribution in [3.63, 3.8) is 0 Å². The molecule has 23 heavy (non-hydrogen) atoms. The predicted octanol–water partition coefficient (Wildman–Crippen LogP) is 2.18. The molecule has 1 saturated heterocycles. The lowest BCUT2D eigenvalue weighted by Crippen LogP contribution is -2.46. The summed E-state index contributed by atoms with van der Waals surface area (Å²) in [6.07, 6.45) is -1.99. The maximum Gasteiger partial charge on any atom is 0.433 e. The summed E-state index contributed by atoms with van der Waals surface area (Å²) in [6, 6.07) is 2.47. The van der Waals surface area contributed by atoms with Gasteiger partial charge in [-0.25, -0.2) is 4.98 Å². The van der Waals surface area contributed by atoms with Crippen LogP contribution in [0, 0.1) is 0 Å². The van der Waals surface area contributed by atoms with Gasteiger partial charge < -0.3 is 9.64 Å². The van der Waals surface area contributed by atoms with Gasteiger partial charge in [-0.1, -0.05) is 0 Å². The van der Waals surface area contributed by atoms with Gasteiger partial charge in [0.15, 0.2) is 0 Å². The predicted molar refractivity (Wildman–Crippen MR) is 79.1 cm³/mol. The summed E-state index contributed by atoms with van der Waals surface area (Å²) in [5, 5.41) is 0. The molecule has 0 amide bonds. The van der Waals surface area contributed by atoms with Crippen LogP contribution in [0.3, 0.4) is 0 Å². The van der Waals surface area contributed by atoms with Gasteiger partial charge in [0.25, 0.3) is 0 Å². The smallest absolute Gasteiger partial charge is 0.433 e. The lowest BCUT2D eigenvalue weighted by atomic mass is 10.2. The summed E-state index contributed by atoms with van der Waals surface area (Å²) < 4.78 is 42.1. The van der Waals surface area contributed by atoms with Crippen LogP contribution < -0.4 is 4.90 Å². The quantitative estimate of drug-likeness (QED) is 0.774. The van der Waals surface area contributed by atoms with Crippen LogP contribution in [-0.4, -0.2) is 55.7 Å². The van der Waals surface area contributed by atoms with E-state index in [1.54, 1.807) is 0 Å². The Kier molecular flexibility index (Phi) is 5.81. The fourth-order valence-corrected chi connectivity index (χ4v) is 2.52. The number of methoxy groups -OCH3 is 1. The van der Waals surface area contributed by atoms with E-state index in [1.807, 2.05) is 4.90 Å². The Morgan fingerprint density at radius 2 is 1.96 bits per heavy atom. The number of alkyl halides is 3. The summed E-state index contributed by atoms with van der Waals surface area (Å²) in [6.45, 7) is 3.88. The standard InChI is InChI=1S/C15H20F3N3O2/c1-23-14(22)3-2-6-20-7-9-21(10-8-20)12-4-5-13(19-11-12)15(16,17)18/h4-5,11H,2-3,6-10H2,1H3. The van der Waals surface area contributed by atoms with Crippen molar-refractivity contribution in [1.29, 1.82) is 0 Å². The maximum atomic E-state index is 12.5. The van der Waals surface area contributed by atoms with Gasteiger partial charge >= 0.3 is 12.1 Å². The molecular weight excluding hydrogens is 311 g/mol. The third-order valence-corrected chi connectivity index (χ3v) is 3.86. The number of esters is 1. The van der Waals surface area contributed by atoms with E-state index >= 15 is 0 Å². The molecule has 8 heteroatoms. The minimum absolute atomic E-state index is 0.209. The van der Waals surface area contributed by atoms with Gasteiger partial charge in [-0.15, -0.1) is 0 Å². The van der Waals surface area contributed by atoms with E-state index < -0.39 is 11.9 Å². The molecule has 0 saturated carbocycles. The number of hydrogen-bond acceptors (Lipinski definition) is 5. The molecule has 0 aromatic carbocycles. The number of halogens is 3. The second kappa shape index (κ2) is 7.63. The summed E-state index contributed by atoms with van der Waals surface area (Å²) in [7, 11) is 1.37. The Hall–Kier alpha value is -1.83. The molecule has 0 aliphatic carbocycles. The molecule has 1 aliphatic rings. The Labute approximate surface area is 133 Å². The highest BCUT2D eigenvalue weighted by molar-refractivity contribution is 5.69. The number of piperazine rings is 1. The Morgan fingerprint density at radius 3 is 2.48 bits per heavy atom. The minimum Gasteiger partial charge on any atom is -0.469 e. The van der Waals surface area contributed by atoms with Crippen molar-refractivity contribution in [3.05, 3.63) is 24.0 Å². The monoisotopic (exact) mass is 331 g/mol. The Balaban J connectivity index is 1.79. The topological polar surface area (TPSA) is 45.7 Å². The van der Waals surface area contributed by atoms with Gasteiger partial charge in [-0.3, -0.25) is 9.69 Å². The number of carbonyl (C=O) groups excluding carboxylic acids is 1. The van der Waals surface area contributed by atoms with Gasteiger partial charge in [0.2, 0.25) is 0 Å². The highest BCUT2D eigenvalue weighted by atomic mass is 19.4. The van der Waals surface area contributed by atoms with Gasteiger partial charge in [0.05, 0.1) is 19.0 Å². The van der Waals surface area contributed by atoms with E-state index in [2.05, 4.69) is 14.6 Å². The number of pyridine rings is 1. The number of aromatic nitrogens is 1. The highest BCUT2D eigenvalue weighted by Gasteiger charge is 2.32. The maximum absolute atomic E-state index is 12.5. The van der Waals surface area contributed by atoms with Crippen molar-refractivity contribution in [2.75, 3.05) is 44.7 Å². The molecule has 0 spiro atoms. The van der Waals surface area contributed by atoms with E-state index in [1.165, 1.54) is 19.4 Å². The van der Waals surface area contributed by atoms with Crippen LogP contribution >= 0.6 is 0 Å². The van der Waals surface area contributed by atoms with Crippen LogP contribution in [0.1, 0.15) is 18.5 Å². The van der Waals surface area contributed by atoms with Crippen molar-refractivity contribution in [1.82, 2.24) is 9.88 Å². The Morgan fingerprint density at radius 1 is 1.26 bits per heavy atom. The van der Waals surface area contributed by atoms with Gasteiger partial charge in [0, 0.05) is 32.6 Å². The number of ether oxygens (including phenoxy) is 1. The second-order valence-electron chi connectivity index (χ2n) is 5.41. The van der Waals surface area contributed by atoms with E-state index in [9.17, 15) is 18.0 Å². The third kappa shape index (κ3) is 5.09. The molecule has 0 bridgehead atoms. The third-order valence-electron chi connectivity index (χ3n) is 3.86. The van der Waals surface area contributed by atoms with Crippen molar-refractivity contribution < 1.29 is 22.7 Å². The lowest BCUT2D eigenvalue weighted by Gasteiger charge is -2.36. The molecule has 0 atom stereocenters.